The van der Waals surface area contributed by atoms with Gasteiger partial charge in [0, 0.05) is 6.54 Å². The number of carboxylic acids is 1. The molecule has 112 valence electrons. The van der Waals surface area contributed by atoms with Gasteiger partial charge in [0.05, 0.1) is 0 Å². The minimum absolute atomic E-state index is 0.458. The Kier molecular flexibility index (Phi) is 6.02. The van der Waals surface area contributed by atoms with E-state index in [1.807, 2.05) is 45.9 Å². The summed E-state index contributed by atoms with van der Waals surface area (Å²) >= 11 is 0. The Hall–Kier alpha value is -1.55. The molecule has 20 heavy (non-hydrogen) atoms. The Labute approximate surface area is 121 Å². The molecule has 0 spiro atoms. The SMILES string of the molecule is CCC(CC)(NCCOc1cc(C)ccc1C)C(=O)O. The molecule has 2 N–H and O–H groups in total. The summed E-state index contributed by atoms with van der Waals surface area (Å²) in [5.74, 6) is 0.0648. The van der Waals surface area contributed by atoms with Gasteiger partial charge in [0.2, 0.25) is 0 Å². The number of benzene rings is 1. The van der Waals surface area contributed by atoms with Crippen molar-refractivity contribution in [3.05, 3.63) is 29.3 Å². The average molecular weight is 279 g/mol. The van der Waals surface area contributed by atoms with Crippen molar-refractivity contribution in [3.63, 3.8) is 0 Å². The second-order valence-electron chi connectivity index (χ2n) is 5.14. The largest absolute Gasteiger partial charge is 0.492 e. The van der Waals surface area contributed by atoms with Crippen LogP contribution in [0, 0.1) is 13.8 Å². The third kappa shape index (κ3) is 3.97. The summed E-state index contributed by atoms with van der Waals surface area (Å²) in [7, 11) is 0. The molecule has 0 saturated heterocycles. The van der Waals surface area contributed by atoms with Gasteiger partial charge < -0.3 is 9.84 Å². The molecule has 0 radical (unpaired) electrons. The molecule has 0 aromatic heterocycles. The average Bonchev–Trinajstić information content (AvgIpc) is 2.43. The maximum atomic E-state index is 11.3. The maximum absolute atomic E-state index is 11.3. The normalized spacial score (nSPS) is 11.4. The second kappa shape index (κ2) is 7.29. The number of hydrogen-bond donors (Lipinski definition) is 2. The molecule has 0 saturated carbocycles. The summed E-state index contributed by atoms with van der Waals surface area (Å²) in [5.41, 5.74) is 1.40. The van der Waals surface area contributed by atoms with E-state index in [-0.39, 0.29) is 0 Å². The molecule has 0 unspecified atom stereocenters. The van der Waals surface area contributed by atoms with Gasteiger partial charge in [-0.15, -0.1) is 0 Å². The summed E-state index contributed by atoms with van der Waals surface area (Å²) in [5, 5.41) is 12.4. The van der Waals surface area contributed by atoms with Gasteiger partial charge in [0.15, 0.2) is 0 Å². The number of rotatable bonds is 8. The van der Waals surface area contributed by atoms with E-state index in [4.69, 9.17) is 4.74 Å². The highest BCUT2D eigenvalue weighted by Gasteiger charge is 2.33. The fraction of sp³-hybridized carbons (Fsp3) is 0.562. The molecule has 0 amide bonds. The monoisotopic (exact) mass is 279 g/mol. The molecule has 4 heteroatoms. The van der Waals surface area contributed by atoms with Crippen molar-refractivity contribution in [3.8, 4) is 5.75 Å². The highest BCUT2D eigenvalue weighted by atomic mass is 16.5. The van der Waals surface area contributed by atoms with Crippen LogP contribution in [0.1, 0.15) is 37.8 Å². The lowest BCUT2D eigenvalue weighted by molar-refractivity contribution is -0.145. The van der Waals surface area contributed by atoms with Gasteiger partial charge >= 0.3 is 5.97 Å². The zero-order chi connectivity index (χ0) is 15.2. The number of nitrogens with one attached hydrogen (secondary N) is 1. The molecule has 0 atom stereocenters. The molecular weight excluding hydrogens is 254 g/mol. The molecule has 0 aliphatic carbocycles. The summed E-state index contributed by atoms with van der Waals surface area (Å²) < 4.78 is 5.73. The second-order valence-corrected chi connectivity index (χ2v) is 5.14. The molecule has 1 aromatic carbocycles. The van der Waals surface area contributed by atoms with Crippen LogP contribution in [-0.4, -0.2) is 29.8 Å². The molecule has 0 aliphatic rings. The van der Waals surface area contributed by atoms with Crippen LogP contribution in [0.4, 0.5) is 0 Å². The minimum Gasteiger partial charge on any atom is -0.492 e. The lowest BCUT2D eigenvalue weighted by atomic mass is 9.93. The van der Waals surface area contributed by atoms with E-state index in [9.17, 15) is 9.90 Å². The maximum Gasteiger partial charge on any atom is 0.323 e. The third-order valence-electron chi connectivity index (χ3n) is 3.78. The van der Waals surface area contributed by atoms with Crippen LogP contribution in [0.15, 0.2) is 18.2 Å². The first-order valence-corrected chi connectivity index (χ1v) is 7.13. The summed E-state index contributed by atoms with van der Waals surface area (Å²) in [6.45, 7) is 8.77. The lowest BCUT2D eigenvalue weighted by Gasteiger charge is -2.28. The molecule has 0 aliphatic heterocycles. The van der Waals surface area contributed by atoms with Crippen LogP contribution in [-0.2, 0) is 4.79 Å². The Morgan fingerprint density at radius 2 is 1.95 bits per heavy atom. The summed E-state index contributed by atoms with van der Waals surface area (Å²) in [6.07, 6.45) is 1.12. The van der Waals surface area contributed by atoms with E-state index in [1.165, 1.54) is 0 Å². The van der Waals surface area contributed by atoms with Gasteiger partial charge in [-0.3, -0.25) is 10.1 Å². The topological polar surface area (TPSA) is 58.6 Å². The van der Waals surface area contributed by atoms with Gasteiger partial charge in [-0.05, 0) is 43.9 Å². The van der Waals surface area contributed by atoms with Crippen LogP contribution < -0.4 is 10.1 Å². The Morgan fingerprint density at radius 1 is 1.30 bits per heavy atom. The molecule has 0 heterocycles. The lowest BCUT2D eigenvalue weighted by Crippen LogP contribution is -2.52. The Balaban J connectivity index is 2.52. The first-order chi connectivity index (χ1) is 9.45. The van der Waals surface area contributed by atoms with E-state index in [0.29, 0.717) is 26.0 Å². The van der Waals surface area contributed by atoms with Crippen molar-refractivity contribution >= 4 is 5.97 Å². The van der Waals surface area contributed by atoms with Gasteiger partial charge in [-0.1, -0.05) is 26.0 Å². The molecule has 1 aromatic rings. The van der Waals surface area contributed by atoms with E-state index in [1.54, 1.807) is 0 Å². The fourth-order valence-electron chi connectivity index (χ4n) is 2.19. The van der Waals surface area contributed by atoms with Crippen LogP contribution in [0.5, 0.6) is 5.75 Å². The van der Waals surface area contributed by atoms with Gasteiger partial charge in [-0.2, -0.15) is 0 Å². The molecule has 4 nitrogen and oxygen atoms in total. The van der Waals surface area contributed by atoms with E-state index in [0.717, 1.165) is 16.9 Å². The minimum atomic E-state index is -0.842. The van der Waals surface area contributed by atoms with Crippen molar-refractivity contribution in [1.82, 2.24) is 5.32 Å². The highest BCUT2D eigenvalue weighted by molar-refractivity contribution is 5.78. The van der Waals surface area contributed by atoms with Gasteiger partial charge in [-0.25, -0.2) is 0 Å². The van der Waals surface area contributed by atoms with Crippen LogP contribution in [0.3, 0.4) is 0 Å². The standard InChI is InChI=1S/C16H25NO3/c1-5-16(6-2,15(18)19)17-9-10-20-14-11-12(3)7-8-13(14)4/h7-8,11,17H,5-6,9-10H2,1-4H3,(H,18,19). The van der Waals surface area contributed by atoms with Crippen molar-refractivity contribution in [2.75, 3.05) is 13.2 Å². The molecule has 0 bridgehead atoms. The fourth-order valence-corrected chi connectivity index (χ4v) is 2.19. The molecule has 0 fully saturated rings. The first-order valence-electron chi connectivity index (χ1n) is 7.13. The number of carbonyl (C=O) groups is 1. The van der Waals surface area contributed by atoms with Crippen molar-refractivity contribution < 1.29 is 14.6 Å². The van der Waals surface area contributed by atoms with E-state index in [2.05, 4.69) is 5.32 Å². The number of aryl methyl sites for hydroxylation is 2. The van der Waals surface area contributed by atoms with Crippen LogP contribution in [0.2, 0.25) is 0 Å². The first kappa shape index (κ1) is 16.5. The van der Waals surface area contributed by atoms with Gasteiger partial charge in [0.1, 0.15) is 17.9 Å². The highest BCUT2D eigenvalue weighted by Crippen LogP contribution is 2.19. The van der Waals surface area contributed by atoms with E-state index >= 15 is 0 Å². The zero-order valence-electron chi connectivity index (χ0n) is 12.8. The third-order valence-corrected chi connectivity index (χ3v) is 3.78. The molecule has 1 rings (SSSR count). The van der Waals surface area contributed by atoms with Crippen molar-refractivity contribution in [2.45, 2.75) is 46.1 Å². The zero-order valence-corrected chi connectivity index (χ0v) is 12.8. The summed E-state index contributed by atoms with van der Waals surface area (Å²) in [4.78, 5) is 11.3. The Bertz CT molecular complexity index is 453. The van der Waals surface area contributed by atoms with E-state index < -0.39 is 11.5 Å². The van der Waals surface area contributed by atoms with Crippen LogP contribution >= 0.6 is 0 Å². The van der Waals surface area contributed by atoms with Gasteiger partial charge in [0.25, 0.3) is 0 Å². The smallest absolute Gasteiger partial charge is 0.323 e. The number of hydrogen-bond acceptors (Lipinski definition) is 3. The molecular formula is C16H25NO3. The predicted molar refractivity (Wildman–Crippen MR) is 80.4 cm³/mol. The number of aliphatic carboxylic acids is 1. The number of carboxylic acid groups (broad SMARTS) is 1. The quantitative estimate of drug-likeness (QED) is 0.718. The Morgan fingerprint density at radius 3 is 2.50 bits per heavy atom. The number of ether oxygens (including phenoxy) is 1. The predicted octanol–water partition coefficient (Wildman–Crippen LogP) is 2.92. The summed E-state index contributed by atoms with van der Waals surface area (Å²) in [6, 6.07) is 6.07. The van der Waals surface area contributed by atoms with Crippen molar-refractivity contribution in [2.24, 2.45) is 0 Å². The van der Waals surface area contributed by atoms with Crippen LogP contribution in [0.25, 0.3) is 0 Å². The van der Waals surface area contributed by atoms with Crippen molar-refractivity contribution in [1.29, 1.82) is 0 Å².